The van der Waals surface area contributed by atoms with E-state index in [2.05, 4.69) is 53.5 Å². The number of hydrogen-bond acceptors (Lipinski definition) is 3. The number of carbonyl (C=O) groups excluding carboxylic acids is 1. The number of hydrogen-bond donors (Lipinski definition) is 1. The van der Waals surface area contributed by atoms with Gasteiger partial charge in [0.1, 0.15) is 0 Å². The Labute approximate surface area is 165 Å². The minimum atomic E-state index is -0.0612. The predicted molar refractivity (Wildman–Crippen MR) is 110 cm³/mol. The summed E-state index contributed by atoms with van der Waals surface area (Å²) in [5.74, 6) is 1.20. The molecular weight excluding hydrogens is 348 g/mol. The van der Waals surface area contributed by atoms with E-state index in [-0.39, 0.29) is 11.8 Å². The Balaban J connectivity index is 1.54. The lowest BCUT2D eigenvalue weighted by Gasteiger charge is -2.25. The number of aromatic nitrogens is 3. The van der Waals surface area contributed by atoms with E-state index in [0.717, 1.165) is 24.4 Å². The van der Waals surface area contributed by atoms with Gasteiger partial charge in [0.25, 0.3) is 5.91 Å². The van der Waals surface area contributed by atoms with E-state index in [1.54, 1.807) is 17.1 Å². The minimum Gasteiger partial charge on any atom is -0.351 e. The number of nitrogens with one attached hydrogen (secondary N) is 1. The van der Waals surface area contributed by atoms with Gasteiger partial charge in [-0.2, -0.15) is 5.10 Å². The lowest BCUT2D eigenvalue weighted by Crippen LogP contribution is -2.30. The molecule has 1 aromatic carbocycles. The van der Waals surface area contributed by atoms with Crippen LogP contribution in [0.3, 0.4) is 0 Å². The van der Waals surface area contributed by atoms with Gasteiger partial charge < -0.3 is 5.32 Å². The molecule has 0 saturated carbocycles. The molecule has 144 valence electrons. The van der Waals surface area contributed by atoms with Crippen molar-refractivity contribution in [2.45, 2.75) is 44.9 Å². The van der Waals surface area contributed by atoms with Crippen LogP contribution in [0.5, 0.6) is 0 Å². The molecule has 1 unspecified atom stereocenters. The molecule has 0 aliphatic heterocycles. The van der Waals surface area contributed by atoms with Gasteiger partial charge in [0, 0.05) is 18.7 Å². The molecule has 0 bridgehead atoms. The first-order valence-electron chi connectivity index (χ1n) is 10.0. The van der Waals surface area contributed by atoms with Gasteiger partial charge in [0.2, 0.25) is 0 Å². The molecule has 1 N–H and O–H groups in total. The summed E-state index contributed by atoms with van der Waals surface area (Å²) < 4.78 is 1.77. The van der Waals surface area contributed by atoms with Gasteiger partial charge in [-0.05, 0) is 48.4 Å². The van der Waals surface area contributed by atoms with Crippen molar-refractivity contribution in [1.29, 1.82) is 0 Å². The maximum atomic E-state index is 13.0. The fourth-order valence-corrected chi connectivity index (χ4v) is 4.13. The van der Waals surface area contributed by atoms with Crippen LogP contribution in [0.2, 0.25) is 0 Å². The van der Waals surface area contributed by atoms with Gasteiger partial charge in [-0.15, -0.1) is 0 Å². The van der Waals surface area contributed by atoms with Crippen molar-refractivity contribution in [2.24, 2.45) is 0 Å². The summed E-state index contributed by atoms with van der Waals surface area (Å²) in [6.45, 7) is 4.80. The van der Waals surface area contributed by atoms with E-state index in [4.69, 9.17) is 0 Å². The Hall–Kier alpha value is -2.95. The summed E-state index contributed by atoms with van der Waals surface area (Å²) in [5, 5.41) is 7.61. The van der Waals surface area contributed by atoms with Gasteiger partial charge in [-0.25, -0.2) is 9.67 Å². The Morgan fingerprint density at radius 1 is 1.21 bits per heavy atom. The van der Waals surface area contributed by atoms with Crippen LogP contribution in [-0.2, 0) is 6.42 Å². The lowest BCUT2D eigenvalue weighted by atomic mass is 9.83. The second-order valence-corrected chi connectivity index (χ2v) is 7.70. The first kappa shape index (κ1) is 18.4. The van der Waals surface area contributed by atoms with Crippen molar-refractivity contribution in [3.8, 4) is 5.82 Å². The highest BCUT2D eigenvalue weighted by atomic mass is 16.1. The molecule has 0 radical (unpaired) electrons. The summed E-state index contributed by atoms with van der Waals surface area (Å²) in [6.07, 6.45) is 6.82. The van der Waals surface area contributed by atoms with Crippen LogP contribution in [0.4, 0.5) is 0 Å². The molecule has 2 aromatic heterocycles. The van der Waals surface area contributed by atoms with E-state index >= 15 is 0 Å². The van der Waals surface area contributed by atoms with Crippen LogP contribution in [-0.4, -0.2) is 27.2 Å². The molecule has 5 heteroatoms. The molecule has 1 atom stereocenters. The molecule has 1 aliphatic carbocycles. The maximum absolute atomic E-state index is 13.0. The number of aryl methyl sites for hydroxylation is 1. The normalized spacial score (nSPS) is 16.0. The van der Waals surface area contributed by atoms with E-state index < -0.39 is 0 Å². The van der Waals surface area contributed by atoms with Crippen LogP contribution < -0.4 is 5.32 Å². The average molecular weight is 374 g/mol. The van der Waals surface area contributed by atoms with Crippen molar-refractivity contribution in [3.05, 3.63) is 77.2 Å². The molecule has 4 rings (SSSR count). The summed E-state index contributed by atoms with van der Waals surface area (Å²) in [4.78, 5) is 17.4. The number of carbonyl (C=O) groups is 1. The van der Waals surface area contributed by atoms with Gasteiger partial charge in [0.05, 0.1) is 17.5 Å². The number of benzene rings is 1. The number of fused-ring (bicyclic) bond motifs is 1. The third-order valence-corrected chi connectivity index (χ3v) is 5.47. The van der Waals surface area contributed by atoms with Crippen molar-refractivity contribution < 1.29 is 4.79 Å². The fourth-order valence-electron chi connectivity index (χ4n) is 4.13. The standard InChI is InChI=1S/C23H26N4O/c1-16(2)22-20(15-26-27(22)21-12-5-6-13-24-21)23(28)25-14-18-10-7-9-17-8-3-4-11-19(17)18/h3-6,8,11-13,15-16,18H,7,9-10,14H2,1-2H3,(H,25,28). The largest absolute Gasteiger partial charge is 0.351 e. The van der Waals surface area contributed by atoms with E-state index in [9.17, 15) is 4.79 Å². The summed E-state index contributed by atoms with van der Waals surface area (Å²) >= 11 is 0. The zero-order chi connectivity index (χ0) is 19.5. The molecular formula is C23H26N4O. The van der Waals surface area contributed by atoms with Gasteiger partial charge >= 0.3 is 0 Å². The van der Waals surface area contributed by atoms with Crippen LogP contribution in [0.1, 0.15) is 65.7 Å². The van der Waals surface area contributed by atoms with Crippen molar-refractivity contribution in [1.82, 2.24) is 20.1 Å². The Kier molecular flexibility index (Phi) is 5.24. The van der Waals surface area contributed by atoms with Crippen molar-refractivity contribution in [2.75, 3.05) is 6.54 Å². The van der Waals surface area contributed by atoms with Crippen molar-refractivity contribution >= 4 is 5.91 Å². The van der Waals surface area contributed by atoms with Gasteiger partial charge in [-0.3, -0.25) is 4.79 Å². The first-order valence-corrected chi connectivity index (χ1v) is 10.0. The van der Waals surface area contributed by atoms with Gasteiger partial charge in [-0.1, -0.05) is 44.2 Å². The number of rotatable bonds is 5. The monoisotopic (exact) mass is 374 g/mol. The number of amides is 1. The highest BCUT2D eigenvalue weighted by Crippen LogP contribution is 2.31. The smallest absolute Gasteiger partial charge is 0.254 e. The molecule has 28 heavy (non-hydrogen) atoms. The molecule has 3 aromatic rings. The minimum absolute atomic E-state index is 0.0612. The first-order chi connectivity index (χ1) is 13.6. The van der Waals surface area contributed by atoms with Crippen LogP contribution in [0.25, 0.3) is 5.82 Å². The molecule has 1 aliphatic rings. The SMILES string of the molecule is CC(C)c1c(C(=O)NCC2CCCc3ccccc32)cnn1-c1ccccn1. The second-order valence-electron chi connectivity index (χ2n) is 7.70. The third-order valence-electron chi connectivity index (χ3n) is 5.47. The Morgan fingerprint density at radius 2 is 2.04 bits per heavy atom. The predicted octanol–water partition coefficient (Wildman–Crippen LogP) is 4.24. The molecule has 0 fully saturated rings. The fraction of sp³-hybridized carbons (Fsp3) is 0.348. The third kappa shape index (κ3) is 3.57. The number of nitrogens with zero attached hydrogens (tertiary/aromatic N) is 3. The van der Waals surface area contributed by atoms with Crippen LogP contribution in [0.15, 0.2) is 54.9 Å². The zero-order valence-corrected chi connectivity index (χ0v) is 16.4. The average Bonchev–Trinajstić information content (AvgIpc) is 3.18. The Bertz CT molecular complexity index is 962. The molecule has 1 amide bonds. The summed E-state index contributed by atoms with van der Waals surface area (Å²) in [6, 6.07) is 14.3. The topological polar surface area (TPSA) is 59.8 Å². The van der Waals surface area contributed by atoms with E-state index in [1.807, 2.05) is 18.2 Å². The van der Waals surface area contributed by atoms with Crippen LogP contribution in [0, 0.1) is 0 Å². The lowest BCUT2D eigenvalue weighted by molar-refractivity contribution is 0.0949. The summed E-state index contributed by atoms with van der Waals surface area (Å²) in [7, 11) is 0. The highest BCUT2D eigenvalue weighted by Gasteiger charge is 2.24. The van der Waals surface area contributed by atoms with Gasteiger partial charge in [0.15, 0.2) is 5.82 Å². The second kappa shape index (κ2) is 7.97. The molecule has 0 spiro atoms. The van der Waals surface area contributed by atoms with E-state index in [1.165, 1.54) is 17.5 Å². The van der Waals surface area contributed by atoms with Crippen molar-refractivity contribution in [3.63, 3.8) is 0 Å². The zero-order valence-electron chi connectivity index (χ0n) is 16.4. The highest BCUT2D eigenvalue weighted by molar-refractivity contribution is 5.95. The van der Waals surface area contributed by atoms with Crippen LogP contribution >= 0.6 is 0 Å². The molecule has 5 nitrogen and oxygen atoms in total. The summed E-state index contributed by atoms with van der Waals surface area (Å²) in [5.41, 5.74) is 4.31. The van der Waals surface area contributed by atoms with E-state index in [0.29, 0.717) is 18.0 Å². The molecule has 0 saturated heterocycles. The quantitative estimate of drug-likeness (QED) is 0.727. The number of pyridine rings is 1. The maximum Gasteiger partial charge on any atom is 0.254 e. The molecule has 2 heterocycles. The Morgan fingerprint density at radius 3 is 2.82 bits per heavy atom.